The topological polar surface area (TPSA) is 51.2 Å². The van der Waals surface area contributed by atoms with Crippen LogP contribution in [0.15, 0.2) is 48.5 Å². The molecule has 0 spiro atoms. The average molecular weight is 411 g/mol. The molecule has 2 aromatic carbocycles. The van der Waals surface area contributed by atoms with Crippen LogP contribution in [-0.2, 0) is 4.79 Å². The molecule has 1 heterocycles. The third-order valence-corrected chi connectivity index (χ3v) is 4.99. The Morgan fingerprint density at radius 2 is 1.80 bits per heavy atom. The molecule has 3 rings (SSSR count). The first-order valence-corrected chi connectivity index (χ1v) is 10.3. The third-order valence-electron chi connectivity index (χ3n) is 4.99. The van der Waals surface area contributed by atoms with Crippen LogP contribution in [0.2, 0.25) is 0 Å². The van der Waals surface area contributed by atoms with E-state index in [9.17, 15) is 4.79 Å². The lowest BCUT2D eigenvalue weighted by atomic mass is 10.2. The second-order valence-corrected chi connectivity index (χ2v) is 7.09. The zero-order chi connectivity index (χ0) is 21.3. The molecule has 30 heavy (non-hydrogen) atoms. The van der Waals surface area contributed by atoms with Crippen molar-refractivity contribution >= 4 is 17.7 Å². The van der Waals surface area contributed by atoms with Crippen molar-refractivity contribution in [3.05, 3.63) is 54.1 Å². The van der Waals surface area contributed by atoms with Crippen LogP contribution in [0.4, 0.5) is 5.69 Å². The molecule has 0 amide bonds. The molecule has 0 saturated carbocycles. The van der Waals surface area contributed by atoms with Crippen molar-refractivity contribution in [3.63, 3.8) is 0 Å². The number of hydrogen-bond donors (Lipinski definition) is 0. The predicted molar refractivity (Wildman–Crippen MR) is 120 cm³/mol. The number of benzene rings is 2. The van der Waals surface area contributed by atoms with Crippen LogP contribution < -0.4 is 19.1 Å². The van der Waals surface area contributed by atoms with Gasteiger partial charge in [0.25, 0.3) is 0 Å². The molecule has 6 nitrogen and oxygen atoms in total. The number of para-hydroxylation sites is 2. The molecular weight excluding hydrogens is 380 g/mol. The number of carbonyl (C=O) groups is 1. The zero-order valence-corrected chi connectivity index (χ0v) is 18.0. The monoisotopic (exact) mass is 410 g/mol. The SMILES string of the molecule is CCOc1ccccc1N1CCN(C/C=C\c2ccc(OC(C)=O)c(OC)c2)CC1. The fourth-order valence-electron chi connectivity index (χ4n) is 3.53. The molecular formula is C24H30N2O4. The minimum Gasteiger partial charge on any atom is -0.493 e. The summed E-state index contributed by atoms with van der Waals surface area (Å²) in [5.41, 5.74) is 2.18. The number of anilines is 1. The summed E-state index contributed by atoms with van der Waals surface area (Å²) >= 11 is 0. The van der Waals surface area contributed by atoms with Gasteiger partial charge in [0.2, 0.25) is 0 Å². The number of ether oxygens (including phenoxy) is 3. The van der Waals surface area contributed by atoms with Gasteiger partial charge in [-0.15, -0.1) is 0 Å². The van der Waals surface area contributed by atoms with E-state index in [0.29, 0.717) is 18.1 Å². The molecule has 0 atom stereocenters. The lowest BCUT2D eigenvalue weighted by Gasteiger charge is -2.36. The van der Waals surface area contributed by atoms with Crippen molar-refractivity contribution in [2.45, 2.75) is 13.8 Å². The van der Waals surface area contributed by atoms with Crippen molar-refractivity contribution < 1.29 is 19.0 Å². The highest BCUT2D eigenvalue weighted by Gasteiger charge is 2.18. The van der Waals surface area contributed by atoms with Crippen LogP contribution in [0.1, 0.15) is 19.4 Å². The maximum Gasteiger partial charge on any atom is 0.308 e. The molecule has 1 aliphatic rings. The number of carbonyl (C=O) groups excluding carboxylic acids is 1. The Labute approximate surface area is 178 Å². The van der Waals surface area contributed by atoms with Crippen molar-refractivity contribution in [2.24, 2.45) is 0 Å². The van der Waals surface area contributed by atoms with E-state index in [4.69, 9.17) is 14.2 Å². The Kier molecular flexibility index (Phi) is 7.74. The van der Waals surface area contributed by atoms with Crippen LogP contribution in [0.25, 0.3) is 6.08 Å². The van der Waals surface area contributed by atoms with Gasteiger partial charge in [0.05, 0.1) is 19.4 Å². The Hall–Kier alpha value is -2.99. The minimum atomic E-state index is -0.361. The van der Waals surface area contributed by atoms with Crippen LogP contribution in [0.3, 0.4) is 0 Å². The summed E-state index contributed by atoms with van der Waals surface area (Å²) in [5.74, 6) is 1.58. The van der Waals surface area contributed by atoms with E-state index in [2.05, 4.69) is 34.1 Å². The van der Waals surface area contributed by atoms with Gasteiger partial charge in [0, 0.05) is 39.6 Å². The van der Waals surface area contributed by atoms with Crippen molar-refractivity contribution in [3.8, 4) is 17.2 Å². The molecule has 6 heteroatoms. The van der Waals surface area contributed by atoms with Gasteiger partial charge >= 0.3 is 5.97 Å². The Bertz CT molecular complexity index is 873. The summed E-state index contributed by atoms with van der Waals surface area (Å²) < 4.78 is 16.3. The fourth-order valence-corrected chi connectivity index (χ4v) is 3.53. The van der Waals surface area contributed by atoms with E-state index in [1.807, 2.05) is 31.2 Å². The molecule has 1 saturated heterocycles. The number of nitrogens with zero attached hydrogens (tertiary/aromatic N) is 2. The molecule has 0 radical (unpaired) electrons. The van der Waals surface area contributed by atoms with Crippen molar-refractivity contribution in [1.29, 1.82) is 0 Å². The molecule has 1 fully saturated rings. The quantitative estimate of drug-likeness (QED) is 0.487. The summed E-state index contributed by atoms with van der Waals surface area (Å²) in [6.07, 6.45) is 4.22. The minimum absolute atomic E-state index is 0.361. The van der Waals surface area contributed by atoms with Crippen LogP contribution in [0.5, 0.6) is 17.2 Å². The summed E-state index contributed by atoms with van der Waals surface area (Å²) in [6, 6.07) is 13.8. The van der Waals surface area contributed by atoms with Gasteiger partial charge in [-0.3, -0.25) is 9.69 Å². The number of methoxy groups -OCH3 is 1. The molecule has 2 aromatic rings. The van der Waals surface area contributed by atoms with E-state index >= 15 is 0 Å². The Balaban J connectivity index is 1.53. The highest BCUT2D eigenvalue weighted by atomic mass is 16.6. The van der Waals surface area contributed by atoms with Gasteiger partial charge in [0.1, 0.15) is 5.75 Å². The second kappa shape index (κ2) is 10.7. The maximum atomic E-state index is 11.2. The smallest absolute Gasteiger partial charge is 0.308 e. The molecule has 0 aromatic heterocycles. The lowest BCUT2D eigenvalue weighted by Crippen LogP contribution is -2.46. The number of rotatable bonds is 8. The highest BCUT2D eigenvalue weighted by molar-refractivity contribution is 5.71. The van der Waals surface area contributed by atoms with Gasteiger partial charge in [-0.2, -0.15) is 0 Å². The van der Waals surface area contributed by atoms with E-state index in [0.717, 1.165) is 44.0 Å². The van der Waals surface area contributed by atoms with Crippen molar-refractivity contribution in [1.82, 2.24) is 4.90 Å². The van der Waals surface area contributed by atoms with Crippen molar-refractivity contribution in [2.75, 3.05) is 51.3 Å². The first kappa shape index (κ1) is 21.7. The summed E-state index contributed by atoms with van der Waals surface area (Å²) in [7, 11) is 1.57. The molecule has 0 aliphatic carbocycles. The number of piperazine rings is 1. The van der Waals surface area contributed by atoms with Gasteiger partial charge in [-0.05, 0) is 36.8 Å². The highest BCUT2D eigenvalue weighted by Crippen LogP contribution is 2.30. The first-order chi connectivity index (χ1) is 14.6. The standard InChI is InChI=1S/C24H30N2O4/c1-4-29-22-10-6-5-9-21(22)26-16-14-25(15-17-26)13-7-8-20-11-12-23(30-19(2)27)24(18-20)28-3/h5-12,18H,4,13-17H2,1-3H3/b8-7-. The molecule has 0 unspecified atom stereocenters. The molecule has 0 N–H and O–H groups in total. The van der Waals surface area contributed by atoms with Gasteiger partial charge < -0.3 is 19.1 Å². The van der Waals surface area contributed by atoms with E-state index in [1.54, 1.807) is 13.2 Å². The summed E-state index contributed by atoms with van der Waals surface area (Å²) in [6.45, 7) is 8.90. The normalized spacial score (nSPS) is 14.7. The predicted octanol–water partition coefficient (Wildman–Crippen LogP) is 3.85. The third kappa shape index (κ3) is 5.76. The Morgan fingerprint density at radius 1 is 1.03 bits per heavy atom. The van der Waals surface area contributed by atoms with Crippen LogP contribution in [0, 0.1) is 0 Å². The van der Waals surface area contributed by atoms with E-state index in [-0.39, 0.29) is 5.97 Å². The zero-order valence-electron chi connectivity index (χ0n) is 18.0. The summed E-state index contributed by atoms with van der Waals surface area (Å²) in [4.78, 5) is 16.0. The van der Waals surface area contributed by atoms with Gasteiger partial charge in [-0.1, -0.05) is 30.4 Å². The van der Waals surface area contributed by atoms with Gasteiger partial charge in [-0.25, -0.2) is 0 Å². The number of hydrogen-bond acceptors (Lipinski definition) is 6. The van der Waals surface area contributed by atoms with E-state index in [1.165, 1.54) is 12.6 Å². The lowest BCUT2D eigenvalue weighted by molar-refractivity contribution is -0.132. The second-order valence-electron chi connectivity index (χ2n) is 7.09. The Morgan fingerprint density at radius 3 is 2.50 bits per heavy atom. The molecule has 160 valence electrons. The average Bonchev–Trinajstić information content (AvgIpc) is 2.75. The first-order valence-electron chi connectivity index (χ1n) is 10.3. The fraction of sp³-hybridized carbons (Fsp3) is 0.375. The van der Waals surface area contributed by atoms with E-state index < -0.39 is 0 Å². The number of esters is 1. The largest absolute Gasteiger partial charge is 0.493 e. The molecule has 1 aliphatic heterocycles. The molecule has 0 bridgehead atoms. The van der Waals surface area contributed by atoms with Crippen LogP contribution in [-0.4, -0.2) is 57.3 Å². The van der Waals surface area contributed by atoms with Gasteiger partial charge in [0.15, 0.2) is 11.5 Å². The summed E-state index contributed by atoms with van der Waals surface area (Å²) in [5, 5.41) is 0. The van der Waals surface area contributed by atoms with Crippen LogP contribution >= 0.6 is 0 Å². The maximum absolute atomic E-state index is 11.2.